The first-order chi connectivity index (χ1) is 23.9. The molecular weight excluding hydrogens is 662 g/mol. The summed E-state index contributed by atoms with van der Waals surface area (Å²) in [6.45, 7) is 4.71. The van der Waals surface area contributed by atoms with Gasteiger partial charge in [0, 0.05) is 27.1 Å². The van der Waals surface area contributed by atoms with Crippen molar-refractivity contribution in [2.24, 2.45) is 0 Å². The van der Waals surface area contributed by atoms with Crippen LogP contribution in [0.3, 0.4) is 0 Å². The van der Waals surface area contributed by atoms with Crippen LogP contribution in [0.15, 0.2) is 30.3 Å². The number of unbranched alkanes of at least 4 members (excludes halogenated alkanes) is 4. The maximum absolute atomic E-state index is 13.1. The second-order valence-corrected chi connectivity index (χ2v) is 11.2. The molecule has 0 aromatic heterocycles. The van der Waals surface area contributed by atoms with E-state index in [4.69, 9.17) is 4.74 Å². The van der Waals surface area contributed by atoms with E-state index in [-0.39, 0.29) is 38.3 Å². The van der Waals surface area contributed by atoms with E-state index in [0.717, 1.165) is 18.4 Å². The van der Waals surface area contributed by atoms with Crippen LogP contribution in [0.4, 0.5) is 4.79 Å². The standard InChI is InChI=1S/C26H42N4O8.C6H11NO5/c1-3-4-18-29(2)24(31)22(28-23(25(32)33)16-15-21-12-6-5-7-13-21)14-8-9-17-27-26(34)37-19-10-11-20-38-30(35)36;1-6(8)11-4-2-3-5-12-7(9)10/h5-7,12-13,22-23,28H,3-4,8-11,14-20H2,1-2H3,(H,27,34)(H,32,33);2-5H2,1H3. The fourth-order valence-corrected chi connectivity index (χ4v) is 4.31. The monoisotopic (exact) mass is 715 g/mol. The molecule has 50 heavy (non-hydrogen) atoms. The number of rotatable bonds is 27. The third kappa shape index (κ3) is 26.2. The van der Waals surface area contributed by atoms with Crippen LogP contribution < -0.4 is 10.6 Å². The number of nitrogens with zero attached hydrogens (tertiary/aromatic N) is 3. The zero-order valence-electron chi connectivity index (χ0n) is 29.3. The van der Waals surface area contributed by atoms with E-state index in [1.807, 2.05) is 37.3 Å². The summed E-state index contributed by atoms with van der Waals surface area (Å²) in [4.78, 5) is 76.6. The lowest BCUT2D eigenvalue weighted by molar-refractivity contribution is -0.757. The summed E-state index contributed by atoms with van der Waals surface area (Å²) in [5.41, 5.74) is 1.03. The molecule has 284 valence electrons. The van der Waals surface area contributed by atoms with E-state index < -0.39 is 34.3 Å². The Morgan fingerprint density at radius 2 is 1.40 bits per heavy atom. The smallest absolute Gasteiger partial charge is 0.407 e. The summed E-state index contributed by atoms with van der Waals surface area (Å²) in [6.07, 6.45) is 5.67. The van der Waals surface area contributed by atoms with Gasteiger partial charge in [0.05, 0.1) is 32.5 Å². The quantitative estimate of drug-likeness (QED) is 0.0509. The molecule has 0 bridgehead atoms. The fraction of sp³-hybridized carbons (Fsp3) is 0.688. The highest BCUT2D eigenvalue weighted by molar-refractivity contribution is 5.83. The van der Waals surface area contributed by atoms with Gasteiger partial charge in [-0.1, -0.05) is 43.7 Å². The molecule has 0 aliphatic carbocycles. The molecule has 1 rings (SSSR count). The average Bonchev–Trinajstić information content (AvgIpc) is 3.07. The second-order valence-electron chi connectivity index (χ2n) is 11.2. The van der Waals surface area contributed by atoms with Crippen LogP contribution in [0, 0.1) is 20.2 Å². The van der Waals surface area contributed by atoms with E-state index >= 15 is 0 Å². The molecule has 18 heteroatoms. The first-order valence-electron chi connectivity index (χ1n) is 16.7. The number of esters is 1. The van der Waals surface area contributed by atoms with Gasteiger partial charge in [0.15, 0.2) is 0 Å². The number of hydrogen-bond donors (Lipinski definition) is 3. The predicted octanol–water partition coefficient (Wildman–Crippen LogP) is 3.71. The number of amides is 2. The summed E-state index contributed by atoms with van der Waals surface area (Å²) < 4.78 is 9.60. The minimum atomic E-state index is -0.996. The molecule has 0 saturated carbocycles. The van der Waals surface area contributed by atoms with Crippen LogP contribution in [0.25, 0.3) is 0 Å². The van der Waals surface area contributed by atoms with E-state index in [2.05, 4.69) is 25.0 Å². The van der Waals surface area contributed by atoms with Gasteiger partial charge in [-0.2, -0.15) is 0 Å². The van der Waals surface area contributed by atoms with E-state index in [1.165, 1.54) is 6.92 Å². The van der Waals surface area contributed by atoms with Crippen molar-refractivity contribution >= 4 is 23.9 Å². The maximum Gasteiger partial charge on any atom is 0.407 e. The zero-order chi connectivity index (χ0) is 37.6. The Balaban J connectivity index is 0.00000169. The molecule has 0 aliphatic heterocycles. The molecule has 0 fully saturated rings. The van der Waals surface area contributed by atoms with Gasteiger partial charge in [-0.15, -0.1) is 20.2 Å². The van der Waals surface area contributed by atoms with Crippen LogP contribution >= 0.6 is 0 Å². The molecule has 1 aromatic rings. The summed E-state index contributed by atoms with van der Waals surface area (Å²) in [5.74, 6) is -1.48. The number of aryl methyl sites for hydroxylation is 1. The van der Waals surface area contributed by atoms with E-state index in [9.17, 15) is 44.5 Å². The number of ether oxygens (including phenoxy) is 2. The zero-order valence-corrected chi connectivity index (χ0v) is 29.3. The highest BCUT2D eigenvalue weighted by Gasteiger charge is 2.27. The summed E-state index contributed by atoms with van der Waals surface area (Å²) in [7, 11) is 1.73. The van der Waals surface area contributed by atoms with Crippen molar-refractivity contribution in [2.75, 3.05) is 46.6 Å². The molecule has 2 atom stereocenters. The molecule has 3 N–H and O–H groups in total. The minimum Gasteiger partial charge on any atom is -0.480 e. The average molecular weight is 716 g/mol. The van der Waals surface area contributed by atoms with Crippen molar-refractivity contribution in [3.63, 3.8) is 0 Å². The largest absolute Gasteiger partial charge is 0.480 e. The molecule has 0 spiro atoms. The van der Waals surface area contributed by atoms with Crippen molar-refractivity contribution in [3.8, 4) is 0 Å². The lowest BCUT2D eigenvalue weighted by atomic mass is 10.0. The van der Waals surface area contributed by atoms with Gasteiger partial charge in [0.25, 0.3) is 10.2 Å². The van der Waals surface area contributed by atoms with Crippen LogP contribution in [-0.2, 0) is 40.0 Å². The number of alkyl carbamates (subject to hydrolysis) is 1. The first-order valence-corrected chi connectivity index (χ1v) is 16.7. The predicted molar refractivity (Wildman–Crippen MR) is 180 cm³/mol. The second kappa shape index (κ2) is 29.2. The fourth-order valence-electron chi connectivity index (χ4n) is 4.31. The van der Waals surface area contributed by atoms with Gasteiger partial charge in [-0.05, 0) is 69.8 Å². The number of carboxylic acids is 1. The summed E-state index contributed by atoms with van der Waals surface area (Å²) >= 11 is 0. The van der Waals surface area contributed by atoms with Crippen molar-refractivity contribution < 1.29 is 53.6 Å². The van der Waals surface area contributed by atoms with Crippen LogP contribution in [0.1, 0.15) is 83.6 Å². The van der Waals surface area contributed by atoms with Gasteiger partial charge < -0.3 is 34.5 Å². The third-order valence-electron chi connectivity index (χ3n) is 6.98. The van der Waals surface area contributed by atoms with Gasteiger partial charge in [-0.25, -0.2) is 4.79 Å². The lowest BCUT2D eigenvalue weighted by Crippen LogP contribution is -2.51. The topological polar surface area (TPSA) is 239 Å². The minimum absolute atomic E-state index is 0.0471. The van der Waals surface area contributed by atoms with E-state index in [1.54, 1.807) is 11.9 Å². The molecule has 2 amide bonds. The SMILES string of the molecule is CC(=O)OCCCCO[N+](=O)[O-].CCCCN(C)C(=O)C(CCCCNC(=O)OCCCCO[N+](=O)[O-])NC(CCc1ccccc1)C(=O)O. The Hall–Kier alpha value is -4.74. The molecular formula is C32H53N5O13. The molecule has 2 unspecified atom stereocenters. The normalized spacial score (nSPS) is 11.5. The first kappa shape index (κ1) is 45.3. The van der Waals surface area contributed by atoms with Gasteiger partial charge in [0.2, 0.25) is 5.91 Å². The number of nitrogens with one attached hydrogen (secondary N) is 2. The molecule has 0 saturated heterocycles. The Morgan fingerprint density at radius 1 is 0.820 bits per heavy atom. The number of benzene rings is 1. The third-order valence-corrected chi connectivity index (χ3v) is 6.98. The van der Waals surface area contributed by atoms with Crippen molar-refractivity contribution in [1.29, 1.82) is 0 Å². The number of hydrogen-bond acceptors (Lipinski definition) is 13. The Bertz CT molecular complexity index is 1110. The lowest BCUT2D eigenvalue weighted by Gasteiger charge is -2.27. The highest BCUT2D eigenvalue weighted by Crippen LogP contribution is 2.11. The van der Waals surface area contributed by atoms with Crippen molar-refractivity contribution in [3.05, 3.63) is 56.1 Å². The molecule has 18 nitrogen and oxygen atoms in total. The molecule has 0 radical (unpaired) electrons. The summed E-state index contributed by atoms with van der Waals surface area (Å²) in [5, 5.41) is 33.5. The molecule has 1 aromatic carbocycles. The van der Waals surface area contributed by atoms with Crippen LogP contribution in [0.5, 0.6) is 0 Å². The number of carboxylic acid groups (broad SMARTS) is 1. The Labute approximate surface area is 292 Å². The maximum atomic E-state index is 13.1. The summed E-state index contributed by atoms with van der Waals surface area (Å²) in [6, 6.07) is 8.10. The van der Waals surface area contributed by atoms with Crippen molar-refractivity contribution in [2.45, 2.75) is 96.6 Å². The van der Waals surface area contributed by atoms with Gasteiger partial charge in [0.1, 0.15) is 6.04 Å². The van der Waals surface area contributed by atoms with Gasteiger partial charge >= 0.3 is 18.0 Å². The van der Waals surface area contributed by atoms with Crippen LogP contribution in [0.2, 0.25) is 0 Å². The number of aliphatic carboxylic acids is 1. The van der Waals surface area contributed by atoms with Gasteiger partial charge in [-0.3, -0.25) is 19.7 Å². The van der Waals surface area contributed by atoms with Crippen LogP contribution in [-0.4, -0.2) is 103 Å². The molecule has 0 heterocycles. The highest BCUT2D eigenvalue weighted by atomic mass is 17.0. The van der Waals surface area contributed by atoms with Crippen molar-refractivity contribution in [1.82, 2.24) is 15.5 Å². The number of carbonyl (C=O) groups excluding carboxylic acids is 3. The number of likely N-dealkylation sites (N-methyl/N-ethyl adjacent to an activating group) is 1. The Kier molecular flexibility index (Phi) is 26.4. The Morgan fingerprint density at radius 3 is 1.94 bits per heavy atom. The van der Waals surface area contributed by atoms with E-state index in [0.29, 0.717) is 70.9 Å². The molecule has 0 aliphatic rings. The number of carbonyl (C=O) groups is 4.